The molecule has 40 heavy (non-hydrogen) atoms. The maximum atomic E-state index is 13.5. The molecule has 0 unspecified atom stereocenters. The lowest BCUT2D eigenvalue weighted by Gasteiger charge is -2.13. The van der Waals surface area contributed by atoms with Crippen molar-refractivity contribution in [2.75, 3.05) is 5.32 Å². The van der Waals surface area contributed by atoms with Crippen LogP contribution in [0.3, 0.4) is 0 Å². The first-order valence-electron chi connectivity index (χ1n) is 12.3. The molecule has 0 aliphatic rings. The first-order valence-corrected chi connectivity index (χ1v) is 14.2. The Bertz CT molecular complexity index is 1650. The molecule has 0 fully saturated rings. The summed E-state index contributed by atoms with van der Waals surface area (Å²) < 4.78 is 42.1. The zero-order chi connectivity index (χ0) is 28.3. The fourth-order valence-corrected chi connectivity index (χ4v) is 5.75. The summed E-state index contributed by atoms with van der Waals surface area (Å²) in [6, 6.07) is 20.4. The van der Waals surface area contributed by atoms with Crippen molar-refractivity contribution in [3.8, 4) is 5.69 Å². The first-order chi connectivity index (χ1) is 19.2. The van der Waals surface area contributed by atoms with Crippen LogP contribution in [0.2, 0.25) is 0 Å². The molecule has 5 rings (SSSR count). The average molecular weight is 580 g/mol. The molecule has 1 amide bonds. The second-order valence-corrected chi connectivity index (χ2v) is 11.0. The van der Waals surface area contributed by atoms with Gasteiger partial charge in [-0.05, 0) is 60.9 Å². The van der Waals surface area contributed by atoms with Crippen molar-refractivity contribution in [2.45, 2.75) is 37.4 Å². The number of aryl methyl sites for hydroxylation is 2. The Hall–Kier alpha value is -3.96. The van der Waals surface area contributed by atoms with E-state index in [1.807, 2.05) is 62.4 Å². The van der Waals surface area contributed by atoms with Gasteiger partial charge in [-0.25, -0.2) is 4.98 Å². The van der Waals surface area contributed by atoms with Gasteiger partial charge in [0.05, 0.1) is 17.0 Å². The van der Waals surface area contributed by atoms with Crippen LogP contribution in [0.5, 0.6) is 0 Å². The van der Waals surface area contributed by atoms with E-state index in [0.717, 1.165) is 28.8 Å². The zero-order valence-corrected chi connectivity index (χ0v) is 23.2. The lowest BCUT2D eigenvalue weighted by atomic mass is 10.1. The molecular formula is C29H24F3N5OS2. The Morgan fingerprint density at radius 1 is 0.975 bits per heavy atom. The minimum atomic E-state index is -4.48. The van der Waals surface area contributed by atoms with Gasteiger partial charge in [0.2, 0.25) is 0 Å². The summed E-state index contributed by atoms with van der Waals surface area (Å²) in [5, 5.41) is 14.3. The number of rotatable bonds is 8. The van der Waals surface area contributed by atoms with Crippen LogP contribution >= 0.6 is 23.1 Å². The number of nitrogens with one attached hydrogen (secondary N) is 1. The van der Waals surface area contributed by atoms with E-state index in [-0.39, 0.29) is 5.91 Å². The summed E-state index contributed by atoms with van der Waals surface area (Å²) in [6.07, 6.45) is -4.09. The minimum Gasteiger partial charge on any atom is -0.321 e. The third-order valence-electron chi connectivity index (χ3n) is 6.21. The summed E-state index contributed by atoms with van der Waals surface area (Å²) in [5.74, 6) is 0.568. The lowest BCUT2D eigenvalue weighted by molar-refractivity contribution is -0.137. The van der Waals surface area contributed by atoms with Crippen LogP contribution in [0, 0.1) is 13.8 Å². The van der Waals surface area contributed by atoms with E-state index in [0.29, 0.717) is 45.2 Å². The summed E-state index contributed by atoms with van der Waals surface area (Å²) in [4.78, 5) is 17.2. The van der Waals surface area contributed by atoms with Gasteiger partial charge in [-0.15, -0.1) is 21.5 Å². The van der Waals surface area contributed by atoms with E-state index in [4.69, 9.17) is 0 Å². The first kappa shape index (κ1) is 27.6. The Morgan fingerprint density at radius 2 is 1.77 bits per heavy atom. The van der Waals surface area contributed by atoms with E-state index in [1.54, 1.807) is 16.0 Å². The lowest BCUT2D eigenvalue weighted by Crippen LogP contribution is -2.12. The summed E-state index contributed by atoms with van der Waals surface area (Å²) in [6.45, 7) is 3.98. The predicted octanol–water partition coefficient (Wildman–Crippen LogP) is 7.49. The minimum absolute atomic E-state index is 0.294. The Morgan fingerprint density at radius 3 is 2.52 bits per heavy atom. The van der Waals surface area contributed by atoms with Crippen LogP contribution in [0.15, 0.2) is 83.3 Å². The van der Waals surface area contributed by atoms with E-state index in [2.05, 4.69) is 20.5 Å². The van der Waals surface area contributed by atoms with Crippen molar-refractivity contribution in [3.05, 3.63) is 117 Å². The largest absolute Gasteiger partial charge is 0.416 e. The second-order valence-electron chi connectivity index (χ2n) is 9.11. The number of nitrogens with zero attached hydrogens (tertiary/aromatic N) is 4. The van der Waals surface area contributed by atoms with Crippen LogP contribution in [-0.2, 0) is 18.3 Å². The van der Waals surface area contributed by atoms with Gasteiger partial charge in [0.25, 0.3) is 5.91 Å². The summed E-state index contributed by atoms with van der Waals surface area (Å²) >= 11 is 2.63. The highest BCUT2D eigenvalue weighted by Gasteiger charge is 2.31. The zero-order valence-electron chi connectivity index (χ0n) is 21.6. The molecule has 0 spiro atoms. The maximum Gasteiger partial charge on any atom is 0.416 e. The van der Waals surface area contributed by atoms with E-state index < -0.39 is 11.7 Å². The molecule has 2 aromatic heterocycles. The number of hydrogen-bond acceptors (Lipinski definition) is 6. The highest BCUT2D eigenvalue weighted by atomic mass is 32.2. The van der Waals surface area contributed by atoms with Crippen LogP contribution in [0.1, 0.15) is 43.6 Å². The normalized spacial score (nSPS) is 11.5. The number of benzene rings is 3. The predicted molar refractivity (Wildman–Crippen MR) is 151 cm³/mol. The number of hydrogen-bond donors (Lipinski definition) is 1. The Balaban J connectivity index is 1.37. The standard InChI is InChI=1S/C29H24F3N5OS2/c1-18-11-12-22(13-19(18)2)33-27(38)24-16-39-26(34-24)17-40-28-36-35-25(14-20-7-4-3-5-8-20)37(28)23-10-6-9-21(15-23)29(30,31)32/h3-13,15-16H,14,17H2,1-2H3,(H,33,38). The molecule has 0 saturated heterocycles. The molecule has 0 aliphatic heterocycles. The molecule has 0 aliphatic carbocycles. The second kappa shape index (κ2) is 11.6. The molecule has 3 aromatic carbocycles. The molecular weight excluding hydrogens is 555 g/mol. The molecule has 0 radical (unpaired) electrons. The average Bonchev–Trinajstić information content (AvgIpc) is 3.57. The molecule has 11 heteroatoms. The van der Waals surface area contributed by atoms with Crippen LogP contribution in [-0.4, -0.2) is 25.7 Å². The van der Waals surface area contributed by atoms with Crippen molar-refractivity contribution >= 4 is 34.7 Å². The number of aromatic nitrogens is 4. The molecule has 6 nitrogen and oxygen atoms in total. The summed E-state index contributed by atoms with van der Waals surface area (Å²) in [5.41, 5.74) is 3.72. The van der Waals surface area contributed by atoms with Gasteiger partial charge in [0, 0.05) is 17.5 Å². The van der Waals surface area contributed by atoms with Crippen molar-refractivity contribution < 1.29 is 18.0 Å². The molecule has 204 valence electrons. The van der Waals surface area contributed by atoms with Gasteiger partial charge in [0.15, 0.2) is 5.16 Å². The van der Waals surface area contributed by atoms with Gasteiger partial charge < -0.3 is 5.32 Å². The quantitative estimate of drug-likeness (QED) is 0.193. The maximum absolute atomic E-state index is 13.5. The molecule has 2 heterocycles. The number of thiazole rings is 1. The highest BCUT2D eigenvalue weighted by molar-refractivity contribution is 7.98. The van der Waals surface area contributed by atoms with Gasteiger partial charge in [-0.1, -0.05) is 54.2 Å². The fraction of sp³-hybridized carbons (Fsp3) is 0.172. The monoisotopic (exact) mass is 579 g/mol. The van der Waals surface area contributed by atoms with Crippen LogP contribution < -0.4 is 5.32 Å². The Kier molecular flexibility index (Phi) is 8.04. The van der Waals surface area contributed by atoms with Crippen molar-refractivity contribution in [3.63, 3.8) is 0 Å². The van der Waals surface area contributed by atoms with E-state index in [1.165, 1.54) is 29.2 Å². The molecule has 1 N–H and O–H groups in total. The van der Waals surface area contributed by atoms with Gasteiger partial charge in [0.1, 0.15) is 16.5 Å². The fourth-order valence-electron chi connectivity index (χ4n) is 3.99. The smallest absolute Gasteiger partial charge is 0.321 e. The van der Waals surface area contributed by atoms with Crippen LogP contribution in [0.4, 0.5) is 18.9 Å². The molecule has 0 atom stereocenters. The molecule has 0 bridgehead atoms. The van der Waals surface area contributed by atoms with E-state index in [9.17, 15) is 18.0 Å². The van der Waals surface area contributed by atoms with Gasteiger partial charge in [-0.2, -0.15) is 13.2 Å². The third kappa shape index (κ3) is 6.43. The number of thioether (sulfide) groups is 1. The van der Waals surface area contributed by atoms with E-state index >= 15 is 0 Å². The molecule has 5 aromatic rings. The molecule has 0 saturated carbocycles. The van der Waals surface area contributed by atoms with Gasteiger partial charge >= 0.3 is 6.18 Å². The highest BCUT2D eigenvalue weighted by Crippen LogP contribution is 2.33. The number of carbonyl (C=O) groups excluding carboxylic acids is 1. The third-order valence-corrected chi connectivity index (χ3v) is 8.18. The topological polar surface area (TPSA) is 72.7 Å². The van der Waals surface area contributed by atoms with Crippen molar-refractivity contribution in [1.82, 2.24) is 19.7 Å². The van der Waals surface area contributed by atoms with Gasteiger partial charge in [-0.3, -0.25) is 9.36 Å². The number of carbonyl (C=O) groups is 1. The van der Waals surface area contributed by atoms with Crippen molar-refractivity contribution in [1.29, 1.82) is 0 Å². The number of anilines is 1. The Labute approximate surface area is 237 Å². The van der Waals surface area contributed by atoms with Crippen LogP contribution in [0.25, 0.3) is 5.69 Å². The number of alkyl halides is 3. The SMILES string of the molecule is Cc1ccc(NC(=O)c2csc(CSc3nnc(Cc4ccccc4)n3-c3cccc(C(F)(F)F)c3)n2)cc1C. The summed E-state index contributed by atoms with van der Waals surface area (Å²) in [7, 11) is 0. The number of halogens is 3. The van der Waals surface area contributed by atoms with Crippen molar-refractivity contribution in [2.24, 2.45) is 0 Å². The number of amides is 1.